The summed E-state index contributed by atoms with van der Waals surface area (Å²) in [4.78, 5) is 0. The molecule has 0 aliphatic heterocycles. The fourth-order valence-electron chi connectivity index (χ4n) is 1.78. The third kappa shape index (κ3) is 3.81. The van der Waals surface area contributed by atoms with E-state index in [1.807, 2.05) is 6.07 Å². The number of halogens is 2. The van der Waals surface area contributed by atoms with Gasteiger partial charge >= 0.3 is 0 Å². The fraction of sp³-hybridized carbons (Fsp3) is 0.333. The Morgan fingerprint density at radius 1 is 1.25 bits per heavy atom. The predicted molar refractivity (Wildman–Crippen MR) is 71.4 cm³/mol. The molecule has 3 nitrogen and oxygen atoms in total. The van der Waals surface area contributed by atoms with E-state index in [0.29, 0.717) is 12.3 Å². The largest absolute Gasteiger partial charge is 0.482 e. The summed E-state index contributed by atoms with van der Waals surface area (Å²) >= 11 is 0. The molecule has 0 radical (unpaired) electrons. The minimum Gasteiger partial charge on any atom is -0.482 e. The first kappa shape index (κ1) is 14.5. The molecule has 2 aromatic rings. The number of rotatable bonds is 7. The van der Waals surface area contributed by atoms with Gasteiger partial charge in [0, 0.05) is 18.2 Å². The minimum absolute atomic E-state index is 0.0660. The summed E-state index contributed by atoms with van der Waals surface area (Å²) in [5.74, 6) is -0.638. The molecule has 0 aliphatic carbocycles. The number of ether oxygens (including phenoxy) is 1. The molecule has 1 aromatic heterocycles. The van der Waals surface area contributed by atoms with Gasteiger partial charge in [-0.25, -0.2) is 8.78 Å². The van der Waals surface area contributed by atoms with Crippen molar-refractivity contribution < 1.29 is 17.9 Å². The van der Waals surface area contributed by atoms with E-state index >= 15 is 0 Å². The van der Waals surface area contributed by atoms with Crippen LogP contribution in [0.25, 0.3) is 0 Å². The number of hydrogen-bond donors (Lipinski definition) is 1. The van der Waals surface area contributed by atoms with E-state index in [9.17, 15) is 8.78 Å². The Labute approximate surface area is 116 Å². The van der Waals surface area contributed by atoms with Crippen molar-refractivity contribution in [3.63, 3.8) is 0 Å². The lowest BCUT2D eigenvalue weighted by molar-refractivity contribution is 0.255. The zero-order valence-electron chi connectivity index (χ0n) is 11.3. The second-order valence-corrected chi connectivity index (χ2v) is 4.41. The molecule has 0 unspecified atom stereocenters. The van der Waals surface area contributed by atoms with E-state index in [1.54, 1.807) is 6.26 Å². The zero-order valence-corrected chi connectivity index (χ0v) is 11.3. The SMILES string of the molecule is CCCNCc1ccoc1COc1cc(F)ccc1F. The number of furan rings is 1. The zero-order chi connectivity index (χ0) is 14.4. The molecule has 2 rings (SSSR count). The Morgan fingerprint density at radius 3 is 2.90 bits per heavy atom. The van der Waals surface area contributed by atoms with E-state index in [0.717, 1.165) is 36.7 Å². The summed E-state index contributed by atoms with van der Waals surface area (Å²) in [6.45, 7) is 3.72. The summed E-state index contributed by atoms with van der Waals surface area (Å²) in [6.07, 6.45) is 2.60. The van der Waals surface area contributed by atoms with Crippen molar-refractivity contribution >= 4 is 0 Å². The van der Waals surface area contributed by atoms with Crippen molar-refractivity contribution in [2.45, 2.75) is 26.5 Å². The number of nitrogens with one attached hydrogen (secondary N) is 1. The molecule has 0 spiro atoms. The topological polar surface area (TPSA) is 34.4 Å². The number of hydrogen-bond acceptors (Lipinski definition) is 3. The molecule has 1 heterocycles. The first-order valence-corrected chi connectivity index (χ1v) is 6.54. The Hall–Kier alpha value is -1.88. The first-order valence-electron chi connectivity index (χ1n) is 6.54. The predicted octanol–water partition coefficient (Wildman–Crippen LogP) is 3.64. The van der Waals surface area contributed by atoms with Gasteiger partial charge in [0.1, 0.15) is 18.2 Å². The van der Waals surface area contributed by atoms with Crippen LogP contribution < -0.4 is 10.1 Å². The average Bonchev–Trinajstić information content (AvgIpc) is 2.88. The molecule has 20 heavy (non-hydrogen) atoms. The highest BCUT2D eigenvalue weighted by Crippen LogP contribution is 2.20. The molecule has 5 heteroatoms. The van der Waals surface area contributed by atoms with Gasteiger partial charge in [0.25, 0.3) is 0 Å². The van der Waals surface area contributed by atoms with Crippen molar-refractivity contribution in [3.8, 4) is 5.75 Å². The molecule has 108 valence electrons. The van der Waals surface area contributed by atoms with E-state index in [4.69, 9.17) is 9.15 Å². The van der Waals surface area contributed by atoms with Crippen molar-refractivity contribution in [1.82, 2.24) is 5.32 Å². The van der Waals surface area contributed by atoms with Crippen LogP contribution in [-0.2, 0) is 13.2 Å². The second-order valence-electron chi connectivity index (χ2n) is 4.41. The molecule has 0 aliphatic rings. The third-order valence-corrected chi connectivity index (χ3v) is 2.83. The van der Waals surface area contributed by atoms with Gasteiger partial charge in [-0.3, -0.25) is 0 Å². The molecule has 0 bridgehead atoms. The molecule has 0 fully saturated rings. The summed E-state index contributed by atoms with van der Waals surface area (Å²) in [6, 6.07) is 4.95. The van der Waals surface area contributed by atoms with Gasteiger partial charge in [0.15, 0.2) is 11.6 Å². The van der Waals surface area contributed by atoms with Crippen LogP contribution >= 0.6 is 0 Å². The Kier molecular flexibility index (Phi) is 5.12. The van der Waals surface area contributed by atoms with Gasteiger partial charge in [-0.1, -0.05) is 6.92 Å². The van der Waals surface area contributed by atoms with Gasteiger partial charge < -0.3 is 14.5 Å². The molecule has 1 N–H and O–H groups in total. The summed E-state index contributed by atoms with van der Waals surface area (Å²) < 4.78 is 37.0. The molecule has 0 amide bonds. The van der Waals surface area contributed by atoms with Crippen LogP contribution in [0.1, 0.15) is 24.7 Å². The maximum absolute atomic E-state index is 13.4. The Bertz CT molecular complexity index is 555. The summed E-state index contributed by atoms with van der Waals surface area (Å²) in [7, 11) is 0. The average molecular weight is 281 g/mol. The van der Waals surface area contributed by atoms with Crippen LogP contribution in [0.3, 0.4) is 0 Å². The smallest absolute Gasteiger partial charge is 0.165 e. The standard InChI is InChI=1S/C15H17F2NO2/c1-2-6-18-9-11-5-7-19-15(11)10-20-14-8-12(16)3-4-13(14)17/h3-5,7-8,18H,2,6,9-10H2,1H3. The van der Waals surface area contributed by atoms with Crippen molar-refractivity contribution in [2.24, 2.45) is 0 Å². The molecule has 0 saturated carbocycles. The van der Waals surface area contributed by atoms with Gasteiger partial charge in [0.05, 0.1) is 6.26 Å². The highest BCUT2D eigenvalue weighted by molar-refractivity contribution is 5.25. The van der Waals surface area contributed by atoms with Gasteiger partial charge in [-0.2, -0.15) is 0 Å². The second kappa shape index (κ2) is 7.05. The minimum atomic E-state index is -0.594. The monoisotopic (exact) mass is 281 g/mol. The summed E-state index contributed by atoms with van der Waals surface area (Å²) in [5.41, 5.74) is 0.954. The van der Waals surface area contributed by atoms with Gasteiger partial charge in [-0.15, -0.1) is 0 Å². The van der Waals surface area contributed by atoms with E-state index in [-0.39, 0.29) is 12.4 Å². The molecule has 1 aromatic carbocycles. The van der Waals surface area contributed by atoms with Gasteiger partial charge in [0.2, 0.25) is 0 Å². The van der Waals surface area contributed by atoms with E-state index in [1.165, 1.54) is 0 Å². The first-order chi connectivity index (χ1) is 9.70. The normalized spacial score (nSPS) is 10.8. The van der Waals surface area contributed by atoms with Crippen molar-refractivity contribution in [2.75, 3.05) is 6.54 Å². The van der Waals surface area contributed by atoms with E-state index < -0.39 is 11.6 Å². The van der Waals surface area contributed by atoms with Crippen molar-refractivity contribution in [3.05, 3.63) is 53.5 Å². The van der Waals surface area contributed by atoms with Crippen LogP contribution in [0.2, 0.25) is 0 Å². The lowest BCUT2D eigenvalue weighted by atomic mass is 10.2. The molecular weight excluding hydrogens is 264 g/mol. The Balaban J connectivity index is 1.97. The molecule has 0 saturated heterocycles. The van der Waals surface area contributed by atoms with Crippen LogP contribution in [0, 0.1) is 11.6 Å². The van der Waals surface area contributed by atoms with Crippen LogP contribution in [0.15, 0.2) is 34.9 Å². The van der Waals surface area contributed by atoms with E-state index in [2.05, 4.69) is 12.2 Å². The van der Waals surface area contributed by atoms with Crippen LogP contribution in [0.4, 0.5) is 8.78 Å². The Morgan fingerprint density at radius 2 is 2.10 bits per heavy atom. The number of benzene rings is 1. The fourth-order valence-corrected chi connectivity index (χ4v) is 1.78. The molecular formula is C15H17F2NO2. The van der Waals surface area contributed by atoms with Crippen molar-refractivity contribution in [1.29, 1.82) is 0 Å². The lowest BCUT2D eigenvalue weighted by Crippen LogP contribution is -2.14. The lowest BCUT2D eigenvalue weighted by Gasteiger charge is -2.08. The third-order valence-electron chi connectivity index (χ3n) is 2.83. The molecule has 0 atom stereocenters. The van der Waals surface area contributed by atoms with Crippen LogP contribution in [-0.4, -0.2) is 6.54 Å². The highest BCUT2D eigenvalue weighted by Gasteiger charge is 2.10. The quantitative estimate of drug-likeness (QED) is 0.787. The maximum Gasteiger partial charge on any atom is 0.165 e. The highest BCUT2D eigenvalue weighted by atomic mass is 19.1. The van der Waals surface area contributed by atoms with Gasteiger partial charge in [-0.05, 0) is 31.2 Å². The van der Waals surface area contributed by atoms with Crippen LogP contribution in [0.5, 0.6) is 5.75 Å². The summed E-state index contributed by atoms with van der Waals surface area (Å²) in [5, 5.41) is 3.25. The maximum atomic E-state index is 13.4.